The molecule has 1 fully saturated rings. The van der Waals surface area contributed by atoms with Crippen LogP contribution in [0, 0.1) is 13.8 Å². The van der Waals surface area contributed by atoms with Crippen LogP contribution in [0.3, 0.4) is 0 Å². The number of rotatable bonds is 10. The van der Waals surface area contributed by atoms with Crippen LogP contribution in [0.2, 0.25) is 0 Å². The minimum atomic E-state index is -0.618. The Morgan fingerprint density at radius 3 is 2.24 bits per heavy atom. The third kappa shape index (κ3) is 7.45. The van der Waals surface area contributed by atoms with Gasteiger partial charge in [-0.1, -0.05) is 84.6 Å². The quantitative estimate of drug-likeness (QED) is 0.399. The highest BCUT2D eigenvalue weighted by molar-refractivity contribution is 5.89. The average molecular weight is 499 g/mol. The van der Waals surface area contributed by atoms with Crippen molar-refractivity contribution in [1.29, 1.82) is 0 Å². The van der Waals surface area contributed by atoms with Gasteiger partial charge in [0.05, 0.1) is 13.5 Å². The molecule has 3 aromatic carbocycles. The largest absolute Gasteiger partial charge is 0.497 e. The molecule has 37 heavy (non-hydrogen) atoms. The van der Waals surface area contributed by atoms with Gasteiger partial charge in [0.25, 0.3) is 0 Å². The van der Waals surface area contributed by atoms with Gasteiger partial charge in [-0.15, -0.1) is 0 Å². The smallest absolute Gasteiger partial charge is 0.243 e. The summed E-state index contributed by atoms with van der Waals surface area (Å²) in [6.45, 7) is 4.42. The molecule has 3 aromatic rings. The third-order valence-electron chi connectivity index (χ3n) is 7.10. The van der Waals surface area contributed by atoms with Gasteiger partial charge in [-0.3, -0.25) is 9.59 Å². The standard InChI is InChI=1S/C32H38N2O3/c1-23-16-24(2)18-27(17-23)21-31(35)34(22-26-12-9-15-29(19-26)37-3)30(20-25-10-5-4-6-11-25)32(36)33-28-13-7-8-14-28/h4-6,9-12,15-19,28,30H,7-8,13-14,20-22H2,1-3H3,(H,33,36). The topological polar surface area (TPSA) is 58.6 Å². The predicted molar refractivity (Wildman–Crippen MR) is 147 cm³/mol. The number of amides is 2. The highest BCUT2D eigenvalue weighted by Gasteiger charge is 2.32. The summed E-state index contributed by atoms with van der Waals surface area (Å²) in [5.74, 6) is 0.594. The van der Waals surface area contributed by atoms with Crippen LogP contribution in [-0.4, -0.2) is 35.9 Å². The molecule has 0 saturated heterocycles. The van der Waals surface area contributed by atoms with E-state index < -0.39 is 6.04 Å². The number of nitrogens with zero attached hydrogens (tertiary/aromatic N) is 1. The molecule has 1 unspecified atom stereocenters. The van der Waals surface area contributed by atoms with Crippen LogP contribution in [0.25, 0.3) is 0 Å². The Morgan fingerprint density at radius 2 is 1.57 bits per heavy atom. The van der Waals surface area contributed by atoms with E-state index in [1.807, 2.05) is 68.4 Å². The van der Waals surface area contributed by atoms with Crippen molar-refractivity contribution in [3.63, 3.8) is 0 Å². The summed E-state index contributed by atoms with van der Waals surface area (Å²) >= 11 is 0. The Morgan fingerprint density at radius 1 is 0.892 bits per heavy atom. The first-order valence-corrected chi connectivity index (χ1v) is 13.2. The van der Waals surface area contributed by atoms with Crippen LogP contribution in [-0.2, 0) is 29.0 Å². The first kappa shape index (κ1) is 26.5. The molecule has 0 radical (unpaired) electrons. The van der Waals surface area contributed by atoms with Gasteiger partial charge in [0, 0.05) is 19.0 Å². The second-order valence-corrected chi connectivity index (χ2v) is 10.2. The molecule has 194 valence electrons. The number of methoxy groups -OCH3 is 1. The molecule has 1 aliphatic carbocycles. The molecule has 5 nitrogen and oxygen atoms in total. The van der Waals surface area contributed by atoms with Crippen molar-refractivity contribution in [1.82, 2.24) is 10.2 Å². The second kappa shape index (κ2) is 12.6. The zero-order chi connectivity index (χ0) is 26.2. The van der Waals surface area contributed by atoms with Crippen LogP contribution in [0.5, 0.6) is 5.75 Å². The zero-order valence-corrected chi connectivity index (χ0v) is 22.2. The van der Waals surface area contributed by atoms with E-state index in [0.717, 1.165) is 59.3 Å². The van der Waals surface area contributed by atoms with E-state index in [1.54, 1.807) is 12.0 Å². The van der Waals surface area contributed by atoms with Crippen molar-refractivity contribution < 1.29 is 14.3 Å². The fourth-order valence-electron chi connectivity index (χ4n) is 5.34. The van der Waals surface area contributed by atoms with Crippen LogP contribution in [0.1, 0.15) is 53.5 Å². The van der Waals surface area contributed by atoms with Crippen LogP contribution >= 0.6 is 0 Å². The first-order chi connectivity index (χ1) is 17.9. The Bertz CT molecular complexity index is 1180. The van der Waals surface area contributed by atoms with Gasteiger partial charge < -0.3 is 15.0 Å². The lowest BCUT2D eigenvalue weighted by Gasteiger charge is -2.32. The van der Waals surface area contributed by atoms with Gasteiger partial charge in [-0.05, 0) is 55.5 Å². The van der Waals surface area contributed by atoms with Crippen molar-refractivity contribution in [3.8, 4) is 5.75 Å². The minimum absolute atomic E-state index is 0.0599. The SMILES string of the molecule is COc1cccc(CN(C(=O)Cc2cc(C)cc(C)c2)C(Cc2ccccc2)C(=O)NC2CCCC2)c1. The van der Waals surface area contributed by atoms with E-state index in [1.165, 1.54) is 0 Å². The third-order valence-corrected chi connectivity index (χ3v) is 7.10. The number of carbonyl (C=O) groups excluding carboxylic acids is 2. The van der Waals surface area contributed by atoms with Crippen molar-refractivity contribution in [2.24, 2.45) is 0 Å². The summed E-state index contributed by atoms with van der Waals surface area (Å²) in [5.41, 5.74) is 5.18. The van der Waals surface area contributed by atoms with Crippen LogP contribution in [0.15, 0.2) is 72.8 Å². The number of ether oxygens (including phenoxy) is 1. The van der Waals surface area contributed by atoms with Gasteiger partial charge in [-0.25, -0.2) is 0 Å². The van der Waals surface area contributed by atoms with E-state index in [9.17, 15) is 9.59 Å². The van der Waals surface area contributed by atoms with E-state index in [2.05, 4.69) is 23.5 Å². The second-order valence-electron chi connectivity index (χ2n) is 10.2. The van der Waals surface area contributed by atoms with Crippen LogP contribution in [0.4, 0.5) is 0 Å². The molecule has 2 amide bonds. The lowest BCUT2D eigenvalue weighted by Crippen LogP contribution is -2.52. The molecule has 0 heterocycles. The Balaban J connectivity index is 1.68. The summed E-state index contributed by atoms with van der Waals surface area (Å²) in [6.07, 6.45) is 4.96. The molecule has 1 N–H and O–H groups in total. The Kier molecular flexibility index (Phi) is 8.99. The van der Waals surface area contributed by atoms with Gasteiger partial charge in [0.2, 0.25) is 11.8 Å². The zero-order valence-electron chi connectivity index (χ0n) is 22.2. The molecule has 1 saturated carbocycles. The summed E-state index contributed by atoms with van der Waals surface area (Å²) in [7, 11) is 1.63. The van der Waals surface area contributed by atoms with E-state index in [0.29, 0.717) is 13.0 Å². The van der Waals surface area contributed by atoms with Gasteiger partial charge >= 0.3 is 0 Å². The number of aryl methyl sites for hydroxylation is 2. The van der Waals surface area contributed by atoms with Crippen molar-refractivity contribution in [2.75, 3.05) is 7.11 Å². The van der Waals surface area contributed by atoms with E-state index >= 15 is 0 Å². The molecular formula is C32H38N2O3. The fraction of sp³-hybridized carbons (Fsp3) is 0.375. The first-order valence-electron chi connectivity index (χ1n) is 13.2. The summed E-state index contributed by atoms with van der Waals surface area (Å²) in [5, 5.41) is 3.27. The Labute approximate surface area is 220 Å². The van der Waals surface area contributed by atoms with Crippen LogP contribution < -0.4 is 10.1 Å². The van der Waals surface area contributed by atoms with Gasteiger partial charge in [0.1, 0.15) is 11.8 Å². The molecule has 0 bridgehead atoms. The van der Waals surface area contributed by atoms with Gasteiger partial charge in [-0.2, -0.15) is 0 Å². The van der Waals surface area contributed by atoms with Crippen molar-refractivity contribution in [3.05, 3.63) is 101 Å². The molecule has 5 heteroatoms. The fourth-order valence-corrected chi connectivity index (χ4v) is 5.34. The Hall–Kier alpha value is -3.60. The highest BCUT2D eigenvalue weighted by atomic mass is 16.5. The summed E-state index contributed by atoms with van der Waals surface area (Å²) in [6, 6.07) is 23.5. The number of benzene rings is 3. The predicted octanol–water partition coefficient (Wildman–Crippen LogP) is 5.55. The normalized spacial score (nSPS) is 14.2. The maximum Gasteiger partial charge on any atom is 0.243 e. The summed E-state index contributed by atoms with van der Waals surface area (Å²) in [4.78, 5) is 29.5. The molecule has 1 aliphatic rings. The monoisotopic (exact) mass is 498 g/mol. The van der Waals surface area contributed by atoms with Crippen molar-refractivity contribution >= 4 is 11.8 Å². The number of nitrogens with one attached hydrogen (secondary N) is 1. The lowest BCUT2D eigenvalue weighted by atomic mass is 10.00. The molecule has 4 rings (SSSR count). The number of hydrogen-bond acceptors (Lipinski definition) is 3. The molecule has 0 aliphatic heterocycles. The average Bonchev–Trinajstić information content (AvgIpc) is 3.39. The molecule has 0 spiro atoms. The van der Waals surface area contributed by atoms with Crippen molar-refractivity contribution in [2.45, 2.75) is 71.0 Å². The van der Waals surface area contributed by atoms with E-state index in [4.69, 9.17) is 4.74 Å². The maximum atomic E-state index is 14.0. The highest BCUT2D eigenvalue weighted by Crippen LogP contribution is 2.22. The lowest BCUT2D eigenvalue weighted by molar-refractivity contribution is -0.141. The molecule has 0 aromatic heterocycles. The van der Waals surface area contributed by atoms with E-state index in [-0.39, 0.29) is 24.3 Å². The molecule has 1 atom stereocenters. The number of carbonyl (C=O) groups is 2. The molecular weight excluding hydrogens is 460 g/mol. The number of hydrogen-bond donors (Lipinski definition) is 1. The summed E-state index contributed by atoms with van der Waals surface area (Å²) < 4.78 is 5.43. The van der Waals surface area contributed by atoms with Gasteiger partial charge in [0.15, 0.2) is 0 Å². The maximum absolute atomic E-state index is 14.0. The minimum Gasteiger partial charge on any atom is -0.497 e.